The van der Waals surface area contributed by atoms with E-state index in [1.807, 2.05) is 0 Å². The second-order valence-corrected chi connectivity index (χ2v) is 3.10. The average molecular weight is 201 g/mol. The van der Waals surface area contributed by atoms with Crippen molar-refractivity contribution in [3.63, 3.8) is 0 Å². The fourth-order valence-electron chi connectivity index (χ4n) is 0.806. The molecule has 0 spiro atoms. The summed E-state index contributed by atoms with van der Waals surface area (Å²) >= 11 is 3.97. The van der Waals surface area contributed by atoms with Gasteiger partial charge in [-0.25, -0.2) is 0 Å². The maximum absolute atomic E-state index is 11.1. The summed E-state index contributed by atoms with van der Waals surface area (Å²) in [6, 6.07) is 0. The second-order valence-electron chi connectivity index (χ2n) is 2.65. The molecule has 13 heavy (non-hydrogen) atoms. The van der Waals surface area contributed by atoms with Crippen LogP contribution in [0.3, 0.4) is 0 Å². The number of hydrogen-bond acceptors (Lipinski definition) is 4. The van der Waals surface area contributed by atoms with Gasteiger partial charge in [0.05, 0.1) is 0 Å². The molecule has 0 bridgehead atoms. The maximum atomic E-state index is 11.1. The molecule has 74 valence electrons. The lowest BCUT2D eigenvalue weighted by Crippen LogP contribution is -2.32. The lowest BCUT2D eigenvalue weighted by molar-refractivity contribution is -0.121. The molecule has 6 heteroatoms. The summed E-state index contributed by atoms with van der Waals surface area (Å²) in [5.74, 6) is 0.655. The number of rotatable bonds is 7. The Kier molecular flexibility index (Phi) is 8.28. The van der Waals surface area contributed by atoms with Gasteiger partial charge in [0.1, 0.15) is 0 Å². The van der Waals surface area contributed by atoms with Crippen molar-refractivity contribution in [2.24, 2.45) is 5.73 Å². The average Bonchev–Trinajstić information content (AvgIpc) is 2.12. The number of nitrogens with two attached hydrogens (primary N) is 1. The van der Waals surface area contributed by atoms with Crippen LogP contribution in [0.1, 0.15) is 6.42 Å². The topological polar surface area (TPSA) is 58.4 Å². The van der Waals surface area contributed by atoms with Gasteiger partial charge in [-0.2, -0.15) is 12.6 Å². The smallest absolute Gasteiger partial charge is 0.221 e. The first-order valence-electron chi connectivity index (χ1n) is 4.28. The Bertz CT molecular complexity index is 148. The highest BCUT2D eigenvalue weighted by molar-refractivity contribution is 7.80. The maximum Gasteiger partial charge on any atom is 0.221 e. The van der Waals surface area contributed by atoms with Crippen molar-refractivity contribution >= 4 is 26.5 Å². The quantitative estimate of drug-likeness (QED) is 0.357. The highest BCUT2D eigenvalue weighted by atomic mass is 32.1. The summed E-state index contributed by atoms with van der Waals surface area (Å²) in [7, 11) is 5.52. The van der Waals surface area contributed by atoms with E-state index in [2.05, 4.69) is 17.9 Å². The zero-order valence-electron chi connectivity index (χ0n) is 7.70. The van der Waals surface area contributed by atoms with Crippen LogP contribution in [-0.2, 0) is 4.79 Å². The third-order valence-electron chi connectivity index (χ3n) is 1.48. The van der Waals surface area contributed by atoms with Crippen LogP contribution in [0.4, 0.5) is 0 Å². The molecule has 0 aliphatic carbocycles. The molecule has 0 heterocycles. The summed E-state index contributed by atoms with van der Waals surface area (Å²) in [5, 5.41) is 2.70. The first-order chi connectivity index (χ1) is 6.20. The number of nitrogens with zero attached hydrogens (tertiary/aromatic N) is 1. The van der Waals surface area contributed by atoms with Crippen molar-refractivity contribution in [2.75, 3.05) is 31.9 Å². The van der Waals surface area contributed by atoms with Crippen molar-refractivity contribution in [1.82, 2.24) is 10.1 Å². The summed E-state index contributed by atoms with van der Waals surface area (Å²) in [5.41, 5.74) is 5.28. The van der Waals surface area contributed by atoms with Crippen molar-refractivity contribution in [3.05, 3.63) is 0 Å². The zero-order valence-corrected chi connectivity index (χ0v) is 8.59. The van der Waals surface area contributed by atoms with Gasteiger partial charge in [-0.15, -0.1) is 0 Å². The second kappa shape index (κ2) is 8.41. The normalized spacial score (nSPS) is 10.4. The van der Waals surface area contributed by atoms with Gasteiger partial charge in [0.25, 0.3) is 0 Å². The highest BCUT2D eigenvalue weighted by Crippen LogP contribution is 1.85. The molecule has 0 aromatic rings. The summed E-state index contributed by atoms with van der Waals surface area (Å²) in [4.78, 5) is 12.6. The van der Waals surface area contributed by atoms with Crippen LogP contribution in [0.2, 0.25) is 0 Å². The van der Waals surface area contributed by atoms with Gasteiger partial charge in [-0.3, -0.25) is 4.79 Å². The SMILES string of the molecule is [B]N(CCN)CCC(=O)NCCS. The lowest BCUT2D eigenvalue weighted by Gasteiger charge is -2.15. The highest BCUT2D eigenvalue weighted by Gasteiger charge is 2.02. The van der Waals surface area contributed by atoms with Gasteiger partial charge in [0.15, 0.2) is 7.98 Å². The van der Waals surface area contributed by atoms with Crippen molar-refractivity contribution < 1.29 is 4.79 Å². The molecule has 0 saturated heterocycles. The zero-order chi connectivity index (χ0) is 10.1. The van der Waals surface area contributed by atoms with Crippen LogP contribution < -0.4 is 11.1 Å². The fraction of sp³-hybridized carbons (Fsp3) is 0.857. The van der Waals surface area contributed by atoms with E-state index in [1.165, 1.54) is 0 Å². The molecule has 0 aliphatic rings. The molecule has 2 radical (unpaired) electrons. The predicted octanol–water partition coefficient (Wildman–Crippen LogP) is -1.23. The minimum atomic E-state index is 0.00141. The minimum absolute atomic E-state index is 0.00141. The first kappa shape index (κ1) is 12.8. The number of hydrogen-bond donors (Lipinski definition) is 3. The van der Waals surface area contributed by atoms with Crippen LogP contribution in [0.25, 0.3) is 0 Å². The lowest BCUT2D eigenvalue weighted by atomic mass is 10.2. The van der Waals surface area contributed by atoms with Gasteiger partial charge in [-0.1, -0.05) is 0 Å². The van der Waals surface area contributed by atoms with E-state index in [4.69, 9.17) is 13.7 Å². The minimum Gasteiger partial charge on any atom is -0.355 e. The van der Waals surface area contributed by atoms with Crippen LogP contribution in [0.15, 0.2) is 0 Å². The van der Waals surface area contributed by atoms with E-state index in [-0.39, 0.29) is 5.91 Å². The van der Waals surface area contributed by atoms with Gasteiger partial charge in [0.2, 0.25) is 5.91 Å². The van der Waals surface area contributed by atoms with Crippen LogP contribution in [0.5, 0.6) is 0 Å². The molecule has 0 atom stereocenters. The molecule has 0 rings (SSSR count). The molecular weight excluding hydrogens is 185 g/mol. The van der Waals surface area contributed by atoms with Crippen LogP contribution in [0, 0.1) is 0 Å². The number of carbonyl (C=O) groups excluding carboxylic acids is 1. The molecule has 0 aromatic carbocycles. The molecular formula is C7H16BN3OS. The van der Waals surface area contributed by atoms with Gasteiger partial charge >= 0.3 is 0 Å². The Morgan fingerprint density at radius 2 is 2.23 bits per heavy atom. The van der Waals surface area contributed by atoms with Crippen LogP contribution >= 0.6 is 12.6 Å². The Balaban J connectivity index is 3.34. The molecule has 1 amide bonds. The van der Waals surface area contributed by atoms with E-state index in [0.29, 0.717) is 38.4 Å². The van der Waals surface area contributed by atoms with Gasteiger partial charge in [0, 0.05) is 25.3 Å². The molecule has 0 fully saturated rings. The third kappa shape index (κ3) is 8.14. The van der Waals surface area contributed by atoms with E-state index in [1.54, 1.807) is 4.81 Å². The third-order valence-corrected chi connectivity index (χ3v) is 1.70. The Labute approximate surface area is 86.1 Å². The number of carbonyl (C=O) groups is 1. The largest absolute Gasteiger partial charge is 0.355 e. The summed E-state index contributed by atoms with van der Waals surface area (Å²) < 4.78 is 0. The van der Waals surface area contributed by atoms with Crippen molar-refractivity contribution in [3.8, 4) is 0 Å². The number of thiol groups is 1. The number of amides is 1. The van der Waals surface area contributed by atoms with E-state index in [0.717, 1.165) is 0 Å². The first-order valence-corrected chi connectivity index (χ1v) is 4.91. The van der Waals surface area contributed by atoms with Crippen molar-refractivity contribution in [2.45, 2.75) is 6.42 Å². The fourth-order valence-corrected chi connectivity index (χ4v) is 0.918. The predicted molar refractivity (Wildman–Crippen MR) is 57.9 cm³/mol. The Morgan fingerprint density at radius 3 is 2.77 bits per heavy atom. The molecule has 0 saturated carbocycles. The summed E-state index contributed by atoms with van der Waals surface area (Å²) in [6.45, 7) is 2.26. The van der Waals surface area contributed by atoms with Crippen LogP contribution in [-0.4, -0.2) is 50.6 Å². The van der Waals surface area contributed by atoms with Gasteiger partial charge in [-0.05, 0) is 13.1 Å². The van der Waals surface area contributed by atoms with E-state index in [9.17, 15) is 4.79 Å². The monoisotopic (exact) mass is 201 g/mol. The molecule has 3 N–H and O–H groups in total. The molecule has 4 nitrogen and oxygen atoms in total. The van der Waals surface area contributed by atoms with Crippen molar-refractivity contribution in [1.29, 1.82) is 0 Å². The molecule has 0 aromatic heterocycles. The van der Waals surface area contributed by atoms with Gasteiger partial charge < -0.3 is 15.9 Å². The molecule has 0 unspecified atom stereocenters. The summed E-state index contributed by atoms with van der Waals surface area (Å²) in [6.07, 6.45) is 0.407. The Hall–Kier alpha value is -0.195. The standard InChI is InChI=1S/C7H16BN3OS/c8-11(5-2-9)4-1-7(12)10-3-6-13/h13H,1-6,9H2,(H,10,12). The van der Waals surface area contributed by atoms with E-state index >= 15 is 0 Å². The number of nitrogens with one attached hydrogen (secondary N) is 1. The van der Waals surface area contributed by atoms with E-state index < -0.39 is 0 Å². The Morgan fingerprint density at radius 1 is 1.54 bits per heavy atom. The molecule has 0 aliphatic heterocycles.